The van der Waals surface area contributed by atoms with Crippen LogP contribution in [0.2, 0.25) is 0 Å². The third kappa shape index (κ3) is 4.97. The van der Waals surface area contributed by atoms with Gasteiger partial charge in [0.2, 0.25) is 5.91 Å². The molecule has 0 aliphatic heterocycles. The second kappa shape index (κ2) is 7.66. The number of carbonyl (C=O) groups is 1. The Morgan fingerprint density at radius 2 is 2.00 bits per heavy atom. The zero-order valence-electron chi connectivity index (χ0n) is 10.5. The van der Waals surface area contributed by atoms with Gasteiger partial charge < -0.3 is 11.1 Å². The van der Waals surface area contributed by atoms with Crippen molar-refractivity contribution in [2.75, 3.05) is 6.54 Å². The Morgan fingerprint density at radius 3 is 2.56 bits per heavy atom. The summed E-state index contributed by atoms with van der Waals surface area (Å²) >= 11 is 0. The van der Waals surface area contributed by atoms with Gasteiger partial charge in [0.05, 0.1) is 0 Å². The van der Waals surface area contributed by atoms with E-state index >= 15 is 0 Å². The Kier molecular flexibility index (Phi) is 6.46. The van der Waals surface area contributed by atoms with Crippen LogP contribution in [0, 0.1) is 5.92 Å². The van der Waals surface area contributed by atoms with E-state index in [1.807, 2.05) is 0 Å². The van der Waals surface area contributed by atoms with Crippen molar-refractivity contribution in [2.24, 2.45) is 11.7 Å². The maximum atomic E-state index is 11.5. The topological polar surface area (TPSA) is 55.1 Å². The summed E-state index contributed by atoms with van der Waals surface area (Å²) in [6, 6.07) is 0.429. The molecule has 1 fully saturated rings. The normalized spacial score (nSPS) is 25.4. The molecule has 3 heteroatoms. The highest BCUT2D eigenvalue weighted by Gasteiger charge is 2.21. The summed E-state index contributed by atoms with van der Waals surface area (Å²) < 4.78 is 0. The molecule has 94 valence electrons. The lowest BCUT2D eigenvalue weighted by Gasteiger charge is -2.28. The van der Waals surface area contributed by atoms with Gasteiger partial charge in [-0.2, -0.15) is 0 Å². The van der Waals surface area contributed by atoms with Gasteiger partial charge in [-0.3, -0.25) is 4.79 Å². The van der Waals surface area contributed by atoms with Crippen LogP contribution < -0.4 is 11.1 Å². The molecule has 1 amide bonds. The number of rotatable bonds is 6. The second-order valence-electron chi connectivity index (χ2n) is 4.97. The fourth-order valence-corrected chi connectivity index (χ4v) is 2.57. The number of hydrogen-bond acceptors (Lipinski definition) is 2. The molecule has 0 aromatic rings. The summed E-state index contributed by atoms with van der Waals surface area (Å²) in [6.45, 7) is 2.86. The molecule has 0 radical (unpaired) electrons. The van der Waals surface area contributed by atoms with Gasteiger partial charge in [0, 0.05) is 12.5 Å². The minimum atomic E-state index is 0.185. The largest absolute Gasteiger partial charge is 0.353 e. The van der Waals surface area contributed by atoms with Gasteiger partial charge in [0.25, 0.3) is 0 Å². The Balaban J connectivity index is 2.14. The molecule has 0 spiro atoms. The van der Waals surface area contributed by atoms with E-state index in [4.69, 9.17) is 5.73 Å². The summed E-state index contributed by atoms with van der Waals surface area (Å²) in [4.78, 5) is 11.5. The third-order valence-electron chi connectivity index (χ3n) is 3.52. The summed E-state index contributed by atoms with van der Waals surface area (Å²) in [7, 11) is 0. The highest BCUT2D eigenvalue weighted by molar-refractivity contribution is 5.76. The fraction of sp³-hybridized carbons (Fsp3) is 0.923. The van der Waals surface area contributed by atoms with Gasteiger partial charge in [-0.05, 0) is 44.6 Å². The summed E-state index contributed by atoms with van der Waals surface area (Å²) in [5.74, 6) is 1.09. The Morgan fingerprint density at radius 1 is 1.31 bits per heavy atom. The average Bonchev–Trinajstić information content (AvgIpc) is 2.29. The number of nitrogens with two attached hydrogens (primary N) is 1. The first-order valence-corrected chi connectivity index (χ1v) is 6.75. The van der Waals surface area contributed by atoms with Gasteiger partial charge in [0.15, 0.2) is 0 Å². The van der Waals surface area contributed by atoms with E-state index in [1.165, 1.54) is 38.5 Å². The Labute approximate surface area is 99.2 Å². The molecule has 1 saturated carbocycles. The van der Waals surface area contributed by atoms with E-state index in [2.05, 4.69) is 12.2 Å². The molecule has 0 heterocycles. The second-order valence-corrected chi connectivity index (χ2v) is 4.97. The van der Waals surface area contributed by atoms with Gasteiger partial charge in [-0.1, -0.05) is 19.8 Å². The standard InChI is InChI=1S/C13H26N2O/c1-2-4-11-6-8-12(9-7-11)15-13(16)5-3-10-14/h11-12H,2-10,14H2,1H3,(H,15,16). The first-order chi connectivity index (χ1) is 7.76. The zero-order valence-corrected chi connectivity index (χ0v) is 10.5. The van der Waals surface area contributed by atoms with Crippen LogP contribution in [0.4, 0.5) is 0 Å². The van der Waals surface area contributed by atoms with Crippen LogP contribution in [0.15, 0.2) is 0 Å². The fourth-order valence-electron chi connectivity index (χ4n) is 2.57. The predicted octanol–water partition coefficient (Wildman–Crippen LogP) is 2.20. The summed E-state index contributed by atoms with van der Waals surface area (Å²) in [6.07, 6.45) is 8.94. The molecule has 16 heavy (non-hydrogen) atoms. The number of amides is 1. The van der Waals surface area contributed by atoms with Crippen molar-refractivity contribution in [1.29, 1.82) is 0 Å². The van der Waals surface area contributed by atoms with Gasteiger partial charge in [-0.15, -0.1) is 0 Å². The van der Waals surface area contributed by atoms with E-state index in [1.54, 1.807) is 0 Å². The maximum absolute atomic E-state index is 11.5. The lowest BCUT2D eigenvalue weighted by atomic mass is 9.83. The lowest BCUT2D eigenvalue weighted by Crippen LogP contribution is -2.37. The number of nitrogens with one attached hydrogen (secondary N) is 1. The molecule has 0 aromatic heterocycles. The van der Waals surface area contributed by atoms with E-state index in [9.17, 15) is 4.79 Å². The lowest BCUT2D eigenvalue weighted by molar-refractivity contribution is -0.122. The number of carbonyl (C=O) groups excluding carboxylic acids is 1. The van der Waals surface area contributed by atoms with Gasteiger partial charge in [-0.25, -0.2) is 0 Å². The maximum Gasteiger partial charge on any atom is 0.220 e. The molecular formula is C13H26N2O. The van der Waals surface area contributed by atoms with Crippen LogP contribution in [0.1, 0.15) is 58.3 Å². The van der Waals surface area contributed by atoms with Crippen LogP contribution in [0.5, 0.6) is 0 Å². The van der Waals surface area contributed by atoms with Gasteiger partial charge in [0.1, 0.15) is 0 Å². The molecule has 0 saturated heterocycles. The molecule has 3 N–H and O–H groups in total. The molecule has 1 aliphatic carbocycles. The third-order valence-corrected chi connectivity index (χ3v) is 3.52. The quantitative estimate of drug-likeness (QED) is 0.729. The number of hydrogen-bond donors (Lipinski definition) is 2. The molecule has 0 bridgehead atoms. The van der Waals surface area contributed by atoms with Crippen LogP contribution in [0.25, 0.3) is 0 Å². The van der Waals surface area contributed by atoms with Gasteiger partial charge >= 0.3 is 0 Å². The molecule has 0 unspecified atom stereocenters. The van der Waals surface area contributed by atoms with Crippen molar-refractivity contribution < 1.29 is 4.79 Å². The Hall–Kier alpha value is -0.570. The highest BCUT2D eigenvalue weighted by Crippen LogP contribution is 2.27. The summed E-state index contributed by atoms with van der Waals surface area (Å²) in [5.41, 5.74) is 5.38. The van der Waals surface area contributed by atoms with Crippen molar-refractivity contribution in [1.82, 2.24) is 5.32 Å². The van der Waals surface area contributed by atoms with E-state index in [0.717, 1.165) is 12.3 Å². The minimum Gasteiger partial charge on any atom is -0.353 e. The van der Waals surface area contributed by atoms with Crippen LogP contribution in [0.3, 0.4) is 0 Å². The molecule has 0 aromatic carbocycles. The first kappa shape index (κ1) is 13.5. The summed E-state index contributed by atoms with van der Waals surface area (Å²) in [5, 5.41) is 3.12. The Bertz CT molecular complexity index is 198. The molecule has 0 atom stereocenters. The van der Waals surface area contributed by atoms with Crippen LogP contribution in [-0.2, 0) is 4.79 Å². The molecule has 1 aliphatic rings. The first-order valence-electron chi connectivity index (χ1n) is 6.75. The van der Waals surface area contributed by atoms with Crippen LogP contribution >= 0.6 is 0 Å². The highest BCUT2D eigenvalue weighted by atomic mass is 16.1. The predicted molar refractivity (Wildman–Crippen MR) is 67.1 cm³/mol. The van der Waals surface area contributed by atoms with E-state index in [-0.39, 0.29) is 5.91 Å². The molecule has 1 rings (SSSR count). The average molecular weight is 226 g/mol. The van der Waals surface area contributed by atoms with Crippen molar-refractivity contribution in [3.63, 3.8) is 0 Å². The van der Waals surface area contributed by atoms with E-state index in [0.29, 0.717) is 19.0 Å². The van der Waals surface area contributed by atoms with Crippen molar-refractivity contribution in [3.8, 4) is 0 Å². The van der Waals surface area contributed by atoms with E-state index < -0.39 is 0 Å². The van der Waals surface area contributed by atoms with Crippen molar-refractivity contribution in [3.05, 3.63) is 0 Å². The van der Waals surface area contributed by atoms with Crippen molar-refractivity contribution in [2.45, 2.75) is 64.3 Å². The zero-order chi connectivity index (χ0) is 11.8. The monoisotopic (exact) mass is 226 g/mol. The SMILES string of the molecule is CCCC1CCC(NC(=O)CCCN)CC1. The minimum absolute atomic E-state index is 0.185. The smallest absolute Gasteiger partial charge is 0.220 e. The van der Waals surface area contributed by atoms with Crippen LogP contribution in [-0.4, -0.2) is 18.5 Å². The molecule has 3 nitrogen and oxygen atoms in total. The van der Waals surface area contributed by atoms with Crippen molar-refractivity contribution >= 4 is 5.91 Å². The molecular weight excluding hydrogens is 200 g/mol.